The molecule has 0 saturated carbocycles. The SMILES string of the molecule is Cc1cnc(Cl)c(CC2(C#N)CCN(C(=O)OC(C)(C)C)CC2)c1. The Labute approximate surface area is 148 Å². The van der Waals surface area contributed by atoms with E-state index in [1.807, 2.05) is 33.8 Å². The van der Waals surface area contributed by atoms with Gasteiger partial charge in [-0.05, 0) is 58.1 Å². The number of nitriles is 1. The van der Waals surface area contributed by atoms with E-state index in [2.05, 4.69) is 11.1 Å². The van der Waals surface area contributed by atoms with Gasteiger partial charge in [0.15, 0.2) is 0 Å². The minimum absolute atomic E-state index is 0.315. The predicted molar refractivity (Wildman–Crippen MR) is 92.8 cm³/mol. The van der Waals surface area contributed by atoms with Crippen molar-refractivity contribution in [3.05, 3.63) is 28.5 Å². The monoisotopic (exact) mass is 349 g/mol. The van der Waals surface area contributed by atoms with Crippen molar-refractivity contribution < 1.29 is 9.53 Å². The predicted octanol–water partition coefficient (Wildman–Crippen LogP) is 4.13. The molecule has 0 aliphatic carbocycles. The third-order valence-electron chi connectivity index (χ3n) is 4.19. The van der Waals surface area contributed by atoms with E-state index < -0.39 is 11.0 Å². The minimum Gasteiger partial charge on any atom is -0.444 e. The molecule has 1 amide bonds. The maximum absolute atomic E-state index is 12.2. The number of aryl methyl sites for hydroxylation is 1. The van der Waals surface area contributed by atoms with Crippen LogP contribution in [0.2, 0.25) is 5.15 Å². The Morgan fingerprint density at radius 2 is 2.08 bits per heavy atom. The molecule has 24 heavy (non-hydrogen) atoms. The number of rotatable bonds is 2. The van der Waals surface area contributed by atoms with E-state index in [0.29, 0.717) is 37.5 Å². The van der Waals surface area contributed by atoms with Crippen LogP contribution in [-0.2, 0) is 11.2 Å². The standard InChI is InChI=1S/C18H24ClN3O2/c1-13-9-14(15(19)21-11-13)10-18(12-20)5-7-22(8-6-18)16(23)24-17(2,3)4/h9,11H,5-8,10H2,1-4H3. The van der Waals surface area contributed by atoms with Crippen LogP contribution in [0.1, 0.15) is 44.7 Å². The van der Waals surface area contributed by atoms with Crippen LogP contribution in [0, 0.1) is 23.7 Å². The molecule has 0 aromatic carbocycles. The number of aromatic nitrogens is 1. The zero-order valence-electron chi connectivity index (χ0n) is 14.7. The number of hydrogen-bond donors (Lipinski definition) is 0. The second kappa shape index (κ2) is 6.98. The second-order valence-electron chi connectivity index (χ2n) is 7.50. The summed E-state index contributed by atoms with van der Waals surface area (Å²) in [4.78, 5) is 18.0. The fourth-order valence-corrected chi connectivity index (χ4v) is 3.04. The van der Waals surface area contributed by atoms with Crippen LogP contribution >= 0.6 is 11.6 Å². The molecule has 1 aliphatic rings. The van der Waals surface area contributed by atoms with Crippen molar-refractivity contribution >= 4 is 17.7 Å². The molecule has 1 aromatic heterocycles. The third-order valence-corrected chi connectivity index (χ3v) is 4.53. The van der Waals surface area contributed by atoms with Crippen molar-refractivity contribution in [3.63, 3.8) is 0 Å². The lowest BCUT2D eigenvalue weighted by atomic mass is 9.75. The quantitative estimate of drug-likeness (QED) is 0.753. The highest BCUT2D eigenvalue weighted by Gasteiger charge is 2.38. The number of carbonyl (C=O) groups is 1. The van der Waals surface area contributed by atoms with Gasteiger partial charge in [-0.2, -0.15) is 5.26 Å². The topological polar surface area (TPSA) is 66.2 Å². The van der Waals surface area contributed by atoms with Gasteiger partial charge in [0.2, 0.25) is 0 Å². The molecule has 2 rings (SSSR count). The van der Waals surface area contributed by atoms with Crippen LogP contribution in [0.25, 0.3) is 0 Å². The van der Waals surface area contributed by atoms with E-state index in [9.17, 15) is 10.1 Å². The largest absolute Gasteiger partial charge is 0.444 e. The summed E-state index contributed by atoms with van der Waals surface area (Å²) in [6, 6.07) is 4.44. The van der Waals surface area contributed by atoms with Gasteiger partial charge >= 0.3 is 6.09 Å². The van der Waals surface area contributed by atoms with E-state index >= 15 is 0 Å². The van der Waals surface area contributed by atoms with Crippen LogP contribution in [0.4, 0.5) is 4.79 Å². The van der Waals surface area contributed by atoms with Gasteiger partial charge in [-0.25, -0.2) is 9.78 Å². The smallest absolute Gasteiger partial charge is 0.410 e. The summed E-state index contributed by atoms with van der Waals surface area (Å²) in [5.41, 5.74) is 0.886. The van der Waals surface area contributed by atoms with E-state index in [-0.39, 0.29) is 6.09 Å². The molecule has 6 heteroatoms. The van der Waals surface area contributed by atoms with Crippen molar-refractivity contribution in [2.75, 3.05) is 13.1 Å². The third kappa shape index (κ3) is 4.61. The fourth-order valence-electron chi connectivity index (χ4n) is 2.87. The number of likely N-dealkylation sites (tertiary alicyclic amines) is 1. The molecular weight excluding hydrogens is 326 g/mol. The molecule has 2 heterocycles. The van der Waals surface area contributed by atoms with Crippen LogP contribution < -0.4 is 0 Å². The lowest BCUT2D eigenvalue weighted by Crippen LogP contribution is -2.45. The molecule has 0 unspecified atom stereocenters. The Bertz CT molecular complexity index is 653. The van der Waals surface area contributed by atoms with Gasteiger partial charge in [-0.3, -0.25) is 0 Å². The van der Waals surface area contributed by atoms with Crippen LogP contribution in [-0.4, -0.2) is 34.7 Å². The number of ether oxygens (including phenoxy) is 1. The first-order valence-corrected chi connectivity index (χ1v) is 8.52. The molecule has 0 atom stereocenters. The summed E-state index contributed by atoms with van der Waals surface area (Å²) in [6.45, 7) is 8.53. The van der Waals surface area contributed by atoms with Crippen molar-refractivity contribution in [1.82, 2.24) is 9.88 Å². The molecule has 130 valence electrons. The average molecular weight is 350 g/mol. The van der Waals surface area contributed by atoms with Crippen LogP contribution in [0.15, 0.2) is 12.3 Å². The zero-order valence-corrected chi connectivity index (χ0v) is 15.5. The second-order valence-corrected chi connectivity index (χ2v) is 7.86. The number of hydrogen-bond acceptors (Lipinski definition) is 4. The van der Waals surface area contributed by atoms with Gasteiger partial charge in [0, 0.05) is 19.3 Å². The van der Waals surface area contributed by atoms with Gasteiger partial charge in [0.05, 0.1) is 11.5 Å². The minimum atomic E-state index is -0.516. The summed E-state index contributed by atoms with van der Waals surface area (Å²) in [7, 11) is 0. The highest BCUT2D eigenvalue weighted by atomic mass is 35.5. The van der Waals surface area contributed by atoms with Gasteiger partial charge in [-0.15, -0.1) is 0 Å². The molecule has 0 bridgehead atoms. The Morgan fingerprint density at radius 1 is 1.46 bits per heavy atom. The molecule has 0 N–H and O–H groups in total. The number of pyridine rings is 1. The first-order valence-electron chi connectivity index (χ1n) is 8.14. The molecule has 1 saturated heterocycles. The maximum atomic E-state index is 12.2. The molecule has 1 aromatic rings. The molecule has 0 radical (unpaired) electrons. The van der Waals surface area contributed by atoms with E-state index in [4.69, 9.17) is 16.3 Å². The van der Waals surface area contributed by atoms with Gasteiger partial charge in [0.1, 0.15) is 10.8 Å². The van der Waals surface area contributed by atoms with Gasteiger partial charge < -0.3 is 9.64 Å². The normalized spacial score (nSPS) is 17.2. The number of piperidine rings is 1. The van der Waals surface area contributed by atoms with E-state index in [1.165, 1.54) is 0 Å². The first kappa shape index (κ1) is 18.5. The molecular formula is C18H24ClN3O2. The highest BCUT2D eigenvalue weighted by Crippen LogP contribution is 2.36. The molecule has 0 spiro atoms. The van der Waals surface area contributed by atoms with Crippen molar-refractivity contribution in [2.24, 2.45) is 5.41 Å². The van der Waals surface area contributed by atoms with Crippen LogP contribution in [0.5, 0.6) is 0 Å². The Hall–Kier alpha value is -1.80. The summed E-state index contributed by atoms with van der Waals surface area (Å²) in [5, 5.41) is 10.2. The zero-order chi connectivity index (χ0) is 18.0. The van der Waals surface area contributed by atoms with Crippen LogP contribution in [0.3, 0.4) is 0 Å². The Morgan fingerprint density at radius 3 is 2.62 bits per heavy atom. The van der Waals surface area contributed by atoms with E-state index in [1.54, 1.807) is 11.1 Å². The number of nitrogens with zero attached hydrogens (tertiary/aromatic N) is 3. The lowest BCUT2D eigenvalue weighted by molar-refractivity contribution is 0.0148. The van der Waals surface area contributed by atoms with Gasteiger partial charge in [-0.1, -0.05) is 17.7 Å². The number of carbonyl (C=O) groups excluding carboxylic acids is 1. The summed E-state index contributed by atoms with van der Waals surface area (Å²) >= 11 is 6.18. The summed E-state index contributed by atoms with van der Waals surface area (Å²) in [5.74, 6) is 0. The highest BCUT2D eigenvalue weighted by molar-refractivity contribution is 6.30. The molecule has 5 nitrogen and oxygen atoms in total. The first-order chi connectivity index (χ1) is 11.1. The van der Waals surface area contributed by atoms with Crippen molar-refractivity contribution in [2.45, 2.75) is 52.6 Å². The lowest BCUT2D eigenvalue weighted by Gasteiger charge is -2.38. The number of amides is 1. The van der Waals surface area contributed by atoms with E-state index in [0.717, 1.165) is 11.1 Å². The molecule has 1 fully saturated rings. The summed E-state index contributed by atoms with van der Waals surface area (Å²) in [6.07, 6.45) is 3.17. The van der Waals surface area contributed by atoms with Crippen molar-refractivity contribution in [1.29, 1.82) is 5.26 Å². The molecule has 1 aliphatic heterocycles. The fraction of sp³-hybridized carbons (Fsp3) is 0.611. The maximum Gasteiger partial charge on any atom is 0.410 e. The number of halogens is 1. The van der Waals surface area contributed by atoms with Gasteiger partial charge in [0.25, 0.3) is 0 Å². The Balaban J connectivity index is 2.05. The average Bonchev–Trinajstić information content (AvgIpc) is 2.50. The Kier molecular flexibility index (Phi) is 5.39. The summed E-state index contributed by atoms with van der Waals surface area (Å²) < 4.78 is 5.41. The van der Waals surface area contributed by atoms with Crippen molar-refractivity contribution in [3.8, 4) is 6.07 Å².